The van der Waals surface area contributed by atoms with Crippen LogP contribution in [0.3, 0.4) is 0 Å². The van der Waals surface area contributed by atoms with E-state index in [1.54, 1.807) is 4.68 Å². The van der Waals surface area contributed by atoms with Crippen molar-refractivity contribution in [3.8, 4) is 11.3 Å². The first-order valence-electron chi connectivity index (χ1n) is 9.11. The number of aromatic nitrogens is 2. The summed E-state index contributed by atoms with van der Waals surface area (Å²) in [5, 5.41) is 4.61. The van der Waals surface area contributed by atoms with Gasteiger partial charge in [0.1, 0.15) is 0 Å². The smallest absolute Gasteiger partial charge is 0.271 e. The number of hydrogen-bond donors (Lipinski definition) is 1. The molecular weight excluding hydrogens is 312 g/mol. The van der Waals surface area contributed by atoms with Gasteiger partial charge in [-0.25, -0.2) is 4.68 Å². The SMILES string of the molecule is CCN(CC)Cc1cc(-c2ccc(CN)cc2)nn(CC(C)C)c1=O. The molecular formula is C20H30N4O. The van der Waals surface area contributed by atoms with Crippen molar-refractivity contribution in [2.24, 2.45) is 11.7 Å². The Morgan fingerprint density at radius 2 is 1.80 bits per heavy atom. The van der Waals surface area contributed by atoms with Crippen molar-refractivity contribution in [3.63, 3.8) is 0 Å². The summed E-state index contributed by atoms with van der Waals surface area (Å²) in [5.74, 6) is 0.362. The zero-order valence-corrected chi connectivity index (χ0v) is 15.8. The largest absolute Gasteiger partial charge is 0.326 e. The highest BCUT2D eigenvalue weighted by atomic mass is 16.1. The third-order valence-corrected chi connectivity index (χ3v) is 4.36. The molecule has 0 fully saturated rings. The highest BCUT2D eigenvalue weighted by Crippen LogP contribution is 2.18. The van der Waals surface area contributed by atoms with Gasteiger partial charge in [-0.2, -0.15) is 5.10 Å². The summed E-state index contributed by atoms with van der Waals surface area (Å²) in [6.45, 7) is 12.1. The molecule has 1 aromatic heterocycles. The summed E-state index contributed by atoms with van der Waals surface area (Å²) in [4.78, 5) is 15.1. The number of hydrogen-bond acceptors (Lipinski definition) is 4. The third-order valence-electron chi connectivity index (χ3n) is 4.36. The minimum atomic E-state index is 0.0166. The second kappa shape index (κ2) is 8.92. The Bertz CT molecular complexity index is 730. The van der Waals surface area contributed by atoms with Crippen LogP contribution in [0.25, 0.3) is 11.3 Å². The van der Waals surface area contributed by atoms with Crippen LogP contribution in [0, 0.1) is 5.92 Å². The van der Waals surface area contributed by atoms with Gasteiger partial charge in [-0.1, -0.05) is 52.0 Å². The minimum absolute atomic E-state index is 0.0166. The van der Waals surface area contributed by atoms with Crippen molar-refractivity contribution in [1.29, 1.82) is 0 Å². The Balaban J connectivity index is 2.49. The van der Waals surface area contributed by atoms with Gasteiger partial charge in [0.25, 0.3) is 5.56 Å². The van der Waals surface area contributed by atoms with E-state index in [1.807, 2.05) is 30.3 Å². The summed E-state index contributed by atoms with van der Waals surface area (Å²) >= 11 is 0. The molecule has 0 saturated carbocycles. The van der Waals surface area contributed by atoms with E-state index in [0.29, 0.717) is 25.6 Å². The highest BCUT2D eigenvalue weighted by molar-refractivity contribution is 5.59. The Morgan fingerprint density at radius 3 is 2.32 bits per heavy atom. The van der Waals surface area contributed by atoms with Gasteiger partial charge in [0, 0.05) is 30.8 Å². The fraction of sp³-hybridized carbons (Fsp3) is 0.500. The van der Waals surface area contributed by atoms with Gasteiger partial charge in [-0.15, -0.1) is 0 Å². The van der Waals surface area contributed by atoms with Crippen molar-refractivity contribution in [2.45, 2.75) is 47.3 Å². The molecule has 0 bridgehead atoms. The number of rotatable bonds is 8. The predicted molar refractivity (Wildman–Crippen MR) is 103 cm³/mol. The zero-order valence-electron chi connectivity index (χ0n) is 15.8. The maximum Gasteiger partial charge on any atom is 0.271 e. The molecule has 0 spiro atoms. The van der Waals surface area contributed by atoms with Crippen LogP contribution in [-0.4, -0.2) is 27.8 Å². The van der Waals surface area contributed by atoms with Crippen LogP contribution in [0.15, 0.2) is 35.1 Å². The van der Waals surface area contributed by atoms with Gasteiger partial charge in [-0.3, -0.25) is 9.69 Å². The van der Waals surface area contributed by atoms with Crippen LogP contribution >= 0.6 is 0 Å². The molecule has 5 heteroatoms. The van der Waals surface area contributed by atoms with Crippen LogP contribution in [0.1, 0.15) is 38.8 Å². The first kappa shape index (κ1) is 19.3. The second-order valence-electron chi connectivity index (χ2n) is 6.80. The molecule has 0 amide bonds. The third kappa shape index (κ3) is 5.00. The van der Waals surface area contributed by atoms with Crippen molar-refractivity contribution in [2.75, 3.05) is 13.1 Å². The van der Waals surface area contributed by atoms with Gasteiger partial charge in [0.2, 0.25) is 0 Å². The quantitative estimate of drug-likeness (QED) is 0.801. The lowest BCUT2D eigenvalue weighted by Gasteiger charge is -2.19. The summed E-state index contributed by atoms with van der Waals surface area (Å²) in [7, 11) is 0. The Morgan fingerprint density at radius 1 is 1.16 bits per heavy atom. The maximum atomic E-state index is 12.8. The van der Waals surface area contributed by atoms with E-state index in [2.05, 4.69) is 37.7 Å². The average molecular weight is 342 g/mol. The standard InChI is InChI=1S/C20H30N4O/c1-5-23(6-2)14-18-11-19(17-9-7-16(12-21)8-10-17)22-24(20(18)25)13-15(3)4/h7-11,15H,5-6,12-14,21H2,1-4H3. The monoisotopic (exact) mass is 342 g/mol. The molecule has 25 heavy (non-hydrogen) atoms. The van der Waals surface area contributed by atoms with Crippen LogP contribution in [0.4, 0.5) is 0 Å². The Labute approximate surface area is 150 Å². The minimum Gasteiger partial charge on any atom is -0.326 e. The van der Waals surface area contributed by atoms with Crippen molar-refractivity contribution in [3.05, 3.63) is 51.8 Å². The molecule has 0 aliphatic heterocycles. The number of nitrogens with zero attached hydrogens (tertiary/aromatic N) is 3. The first-order valence-corrected chi connectivity index (χ1v) is 9.11. The Kier molecular flexibility index (Phi) is 6.91. The van der Waals surface area contributed by atoms with E-state index in [1.165, 1.54) is 0 Å². The summed E-state index contributed by atoms with van der Waals surface area (Å²) in [5.41, 5.74) is 9.43. The fourth-order valence-electron chi connectivity index (χ4n) is 2.82. The van der Waals surface area contributed by atoms with Crippen LogP contribution < -0.4 is 11.3 Å². The molecule has 136 valence electrons. The van der Waals surface area contributed by atoms with Gasteiger partial charge in [0.05, 0.1) is 5.69 Å². The van der Waals surface area contributed by atoms with Gasteiger partial charge in [-0.05, 0) is 30.6 Å². The van der Waals surface area contributed by atoms with Gasteiger partial charge >= 0.3 is 0 Å². The van der Waals surface area contributed by atoms with Crippen molar-refractivity contribution < 1.29 is 0 Å². The predicted octanol–water partition coefficient (Wildman–Crippen LogP) is 2.87. The van der Waals surface area contributed by atoms with E-state index in [0.717, 1.165) is 35.5 Å². The van der Waals surface area contributed by atoms with Crippen molar-refractivity contribution in [1.82, 2.24) is 14.7 Å². The second-order valence-corrected chi connectivity index (χ2v) is 6.80. The molecule has 1 aromatic carbocycles. The molecule has 2 N–H and O–H groups in total. The molecule has 5 nitrogen and oxygen atoms in total. The lowest BCUT2D eigenvalue weighted by Crippen LogP contribution is -2.32. The molecule has 0 radical (unpaired) electrons. The van der Waals surface area contributed by atoms with Crippen LogP contribution in [0.5, 0.6) is 0 Å². The molecule has 0 atom stereocenters. The summed E-state index contributed by atoms with van der Waals surface area (Å²) in [6, 6.07) is 10.0. The van der Waals surface area contributed by atoms with E-state index in [9.17, 15) is 4.79 Å². The molecule has 0 saturated heterocycles. The molecule has 0 aliphatic rings. The first-order chi connectivity index (χ1) is 12.0. The van der Waals surface area contributed by atoms with E-state index in [-0.39, 0.29) is 5.56 Å². The van der Waals surface area contributed by atoms with E-state index in [4.69, 9.17) is 5.73 Å². The fourth-order valence-corrected chi connectivity index (χ4v) is 2.82. The summed E-state index contributed by atoms with van der Waals surface area (Å²) < 4.78 is 1.62. The zero-order chi connectivity index (χ0) is 18.4. The molecule has 0 aliphatic carbocycles. The van der Waals surface area contributed by atoms with Crippen LogP contribution in [-0.2, 0) is 19.6 Å². The normalized spacial score (nSPS) is 11.5. The van der Waals surface area contributed by atoms with Crippen LogP contribution in [0.2, 0.25) is 0 Å². The molecule has 2 aromatic rings. The van der Waals surface area contributed by atoms with E-state index >= 15 is 0 Å². The lowest BCUT2D eigenvalue weighted by molar-refractivity contribution is 0.292. The van der Waals surface area contributed by atoms with E-state index < -0.39 is 0 Å². The van der Waals surface area contributed by atoms with Gasteiger partial charge < -0.3 is 5.73 Å². The molecule has 0 unspecified atom stereocenters. The number of nitrogens with two attached hydrogens (primary N) is 1. The topological polar surface area (TPSA) is 64.2 Å². The van der Waals surface area contributed by atoms with Crippen molar-refractivity contribution >= 4 is 0 Å². The average Bonchev–Trinajstić information content (AvgIpc) is 2.62. The molecule has 2 rings (SSSR count). The molecule has 1 heterocycles. The maximum absolute atomic E-state index is 12.8. The summed E-state index contributed by atoms with van der Waals surface area (Å²) in [6.07, 6.45) is 0. The number of benzene rings is 1. The van der Waals surface area contributed by atoms with Gasteiger partial charge in [0.15, 0.2) is 0 Å². The lowest BCUT2D eigenvalue weighted by atomic mass is 10.1. The Hall–Kier alpha value is -1.98. The highest BCUT2D eigenvalue weighted by Gasteiger charge is 2.13.